The van der Waals surface area contributed by atoms with Crippen molar-refractivity contribution in [3.8, 4) is 11.4 Å². The number of carbonyl (C=O) groups excluding carboxylic acids is 1. The summed E-state index contributed by atoms with van der Waals surface area (Å²) in [6.45, 7) is 3.76. The number of non-ortho nitro benzene ring substituents is 1. The van der Waals surface area contributed by atoms with Crippen molar-refractivity contribution < 1.29 is 9.72 Å². The van der Waals surface area contributed by atoms with E-state index in [2.05, 4.69) is 20.5 Å². The van der Waals surface area contributed by atoms with Gasteiger partial charge in [-0.3, -0.25) is 20.0 Å². The van der Waals surface area contributed by atoms with Gasteiger partial charge in [-0.15, -0.1) is 5.10 Å². The number of aryl methyl sites for hydroxylation is 2. The number of nitro benzene ring substituents is 1. The second-order valence-corrected chi connectivity index (χ2v) is 6.82. The van der Waals surface area contributed by atoms with Crippen LogP contribution in [0.15, 0.2) is 47.6 Å². The van der Waals surface area contributed by atoms with Crippen LogP contribution in [-0.2, 0) is 4.79 Å². The summed E-state index contributed by atoms with van der Waals surface area (Å²) in [6.07, 6.45) is 0. The third-order valence-electron chi connectivity index (χ3n) is 3.90. The van der Waals surface area contributed by atoms with Gasteiger partial charge in [-0.2, -0.15) is 0 Å². The number of H-pyrrole nitrogens is 1. The fourth-order valence-electron chi connectivity index (χ4n) is 2.44. The molecule has 1 heterocycles. The molecule has 0 radical (unpaired) electrons. The molecule has 0 spiro atoms. The van der Waals surface area contributed by atoms with Gasteiger partial charge in [0, 0.05) is 17.7 Å². The van der Waals surface area contributed by atoms with Crippen molar-refractivity contribution in [1.29, 1.82) is 0 Å². The third kappa shape index (κ3) is 4.50. The highest BCUT2D eigenvalue weighted by Gasteiger charge is 2.13. The van der Waals surface area contributed by atoms with E-state index in [1.807, 2.05) is 31.2 Å². The summed E-state index contributed by atoms with van der Waals surface area (Å²) >= 11 is 1.19. The number of hydrogen-bond acceptors (Lipinski definition) is 6. The van der Waals surface area contributed by atoms with Crippen LogP contribution in [0.3, 0.4) is 0 Å². The Balaban J connectivity index is 1.63. The minimum atomic E-state index is -0.495. The Kier molecular flexibility index (Phi) is 5.51. The van der Waals surface area contributed by atoms with E-state index in [0.29, 0.717) is 16.7 Å². The molecule has 2 aromatic carbocycles. The first-order valence-corrected chi connectivity index (χ1v) is 9.08. The molecule has 138 valence electrons. The van der Waals surface area contributed by atoms with Gasteiger partial charge in [0.05, 0.1) is 16.4 Å². The van der Waals surface area contributed by atoms with E-state index in [0.717, 1.165) is 16.7 Å². The Labute approximate surface area is 159 Å². The smallest absolute Gasteiger partial charge is 0.271 e. The number of benzene rings is 2. The van der Waals surface area contributed by atoms with Gasteiger partial charge in [0.2, 0.25) is 11.1 Å². The molecule has 0 aliphatic heterocycles. The molecule has 3 rings (SSSR count). The highest BCUT2D eigenvalue weighted by atomic mass is 32.2. The standard InChI is InChI=1S/C18H17N5O3S/c1-11-5-3-4-6-14(11)17-20-18(22-21-17)27-10-16(24)19-15-9-13(23(25)26)8-7-12(15)2/h3-9H,10H2,1-2H3,(H,19,24)(H,20,21,22). The first-order chi connectivity index (χ1) is 12.9. The molecule has 0 fully saturated rings. The van der Waals surface area contributed by atoms with Crippen LogP contribution in [0.25, 0.3) is 11.4 Å². The van der Waals surface area contributed by atoms with Crippen LogP contribution in [0.5, 0.6) is 0 Å². The highest BCUT2D eigenvalue weighted by Crippen LogP contribution is 2.24. The topological polar surface area (TPSA) is 114 Å². The molecule has 0 aliphatic carbocycles. The molecule has 0 saturated heterocycles. The summed E-state index contributed by atoms with van der Waals surface area (Å²) in [5, 5.41) is 21.0. The van der Waals surface area contributed by atoms with Crippen molar-refractivity contribution in [2.75, 3.05) is 11.1 Å². The average Bonchev–Trinajstić information content (AvgIpc) is 3.11. The number of rotatable bonds is 6. The number of nitrogens with one attached hydrogen (secondary N) is 2. The number of aromatic amines is 1. The van der Waals surface area contributed by atoms with E-state index in [-0.39, 0.29) is 17.3 Å². The summed E-state index contributed by atoms with van der Waals surface area (Å²) in [4.78, 5) is 27.0. The zero-order chi connectivity index (χ0) is 19.4. The number of carbonyl (C=O) groups is 1. The number of thioether (sulfide) groups is 1. The SMILES string of the molecule is Cc1ccc([N+](=O)[O-])cc1NC(=O)CSc1n[nH]c(-c2ccccc2C)n1. The number of nitrogens with zero attached hydrogens (tertiary/aromatic N) is 3. The lowest BCUT2D eigenvalue weighted by Crippen LogP contribution is -2.15. The van der Waals surface area contributed by atoms with Gasteiger partial charge in [-0.25, -0.2) is 4.98 Å². The summed E-state index contributed by atoms with van der Waals surface area (Å²) in [5.41, 5.74) is 3.13. The van der Waals surface area contributed by atoms with Crippen molar-refractivity contribution in [2.24, 2.45) is 0 Å². The molecule has 0 unspecified atom stereocenters. The van der Waals surface area contributed by atoms with Crippen molar-refractivity contribution in [1.82, 2.24) is 15.2 Å². The largest absolute Gasteiger partial charge is 0.325 e. The van der Waals surface area contributed by atoms with Crippen LogP contribution < -0.4 is 5.32 Å². The van der Waals surface area contributed by atoms with Crippen molar-refractivity contribution in [3.63, 3.8) is 0 Å². The van der Waals surface area contributed by atoms with Crippen LogP contribution in [0.4, 0.5) is 11.4 Å². The molecule has 9 heteroatoms. The minimum absolute atomic E-state index is 0.0691. The van der Waals surface area contributed by atoms with Gasteiger partial charge in [-0.05, 0) is 25.0 Å². The zero-order valence-electron chi connectivity index (χ0n) is 14.7. The van der Waals surface area contributed by atoms with Crippen LogP contribution in [-0.4, -0.2) is 31.8 Å². The number of aromatic nitrogens is 3. The van der Waals surface area contributed by atoms with Crippen molar-refractivity contribution >= 4 is 29.0 Å². The van der Waals surface area contributed by atoms with Crippen molar-refractivity contribution in [3.05, 3.63) is 63.7 Å². The first kappa shape index (κ1) is 18.6. The second-order valence-electron chi connectivity index (χ2n) is 5.87. The lowest BCUT2D eigenvalue weighted by molar-refractivity contribution is -0.384. The van der Waals surface area contributed by atoms with Gasteiger partial charge in [-0.1, -0.05) is 42.1 Å². The molecule has 0 bridgehead atoms. The summed E-state index contributed by atoms with van der Waals surface area (Å²) in [6, 6.07) is 12.2. The predicted molar refractivity (Wildman–Crippen MR) is 104 cm³/mol. The monoisotopic (exact) mass is 383 g/mol. The van der Waals surface area contributed by atoms with E-state index in [1.54, 1.807) is 13.0 Å². The van der Waals surface area contributed by atoms with Gasteiger partial charge < -0.3 is 5.32 Å². The maximum atomic E-state index is 12.2. The highest BCUT2D eigenvalue weighted by molar-refractivity contribution is 7.99. The number of nitro groups is 1. The van der Waals surface area contributed by atoms with E-state index in [4.69, 9.17) is 0 Å². The number of anilines is 1. The van der Waals surface area contributed by atoms with Gasteiger partial charge in [0.1, 0.15) is 0 Å². The van der Waals surface area contributed by atoms with Crippen LogP contribution in [0.1, 0.15) is 11.1 Å². The molecule has 1 amide bonds. The molecule has 27 heavy (non-hydrogen) atoms. The van der Waals surface area contributed by atoms with Crippen LogP contribution >= 0.6 is 11.8 Å². The molecule has 3 aromatic rings. The molecular weight excluding hydrogens is 366 g/mol. The average molecular weight is 383 g/mol. The van der Waals surface area contributed by atoms with Gasteiger partial charge in [0.25, 0.3) is 5.69 Å². The summed E-state index contributed by atoms with van der Waals surface area (Å²) in [7, 11) is 0. The van der Waals surface area contributed by atoms with E-state index in [1.165, 1.54) is 23.9 Å². The van der Waals surface area contributed by atoms with E-state index < -0.39 is 4.92 Å². The lowest BCUT2D eigenvalue weighted by atomic mass is 10.1. The molecule has 0 saturated carbocycles. The van der Waals surface area contributed by atoms with Crippen LogP contribution in [0, 0.1) is 24.0 Å². The lowest BCUT2D eigenvalue weighted by Gasteiger charge is -2.07. The Hall–Kier alpha value is -3.20. The normalized spacial score (nSPS) is 10.6. The molecule has 1 aromatic heterocycles. The molecule has 2 N–H and O–H groups in total. The number of amides is 1. The third-order valence-corrected chi connectivity index (χ3v) is 4.75. The zero-order valence-corrected chi connectivity index (χ0v) is 15.5. The van der Waals surface area contributed by atoms with Gasteiger partial charge >= 0.3 is 0 Å². The fraction of sp³-hybridized carbons (Fsp3) is 0.167. The predicted octanol–water partition coefficient (Wildman–Crippen LogP) is 3.73. The Bertz CT molecular complexity index is 1000. The summed E-state index contributed by atoms with van der Waals surface area (Å²) in [5.74, 6) is 0.448. The molecule has 0 atom stereocenters. The molecule has 8 nitrogen and oxygen atoms in total. The maximum absolute atomic E-state index is 12.2. The minimum Gasteiger partial charge on any atom is -0.325 e. The Morgan fingerprint density at radius 2 is 2.00 bits per heavy atom. The maximum Gasteiger partial charge on any atom is 0.271 e. The Morgan fingerprint density at radius 1 is 1.22 bits per heavy atom. The van der Waals surface area contributed by atoms with E-state index in [9.17, 15) is 14.9 Å². The van der Waals surface area contributed by atoms with Gasteiger partial charge in [0.15, 0.2) is 5.82 Å². The quantitative estimate of drug-likeness (QED) is 0.381. The summed E-state index contributed by atoms with van der Waals surface area (Å²) < 4.78 is 0. The fourth-order valence-corrected chi connectivity index (χ4v) is 3.04. The Morgan fingerprint density at radius 3 is 2.74 bits per heavy atom. The van der Waals surface area contributed by atoms with E-state index >= 15 is 0 Å². The molecular formula is C18H17N5O3S. The van der Waals surface area contributed by atoms with Crippen LogP contribution in [0.2, 0.25) is 0 Å². The van der Waals surface area contributed by atoms with Crippen molar-refractivity contribution in [2.45, 2.75) is 19.0 Å². The molecule has 0 aliphatic rings. The first-order valence-electron chi connectivity index (χ1n) is 8.10. The second kappa shape index (κ2) is 8.00. The number of hydrogen-bond donors (Lipinski definition) is 2.